The van der Waals surface area contributed by atoms with Gasteiger partial charge in [-0.25, -0.2) is 4.79 Å². The van der Waals surface area contributed by atoms with Crippen molar-refractivity contribution in [1.29, 1.82) is 5.26 Å². The number of hydrogen-bond donors (Lipinski definition) is 4. The number of nitrogens with zero attached hydrogens (tertiary/aromatic N) is 6. The van der Waals surface area contributed by atoms with Crippen LogP contribution in [0.4, 0.5) is 0 Å². The van der Waals surface area contributed by atoms with E-state index in [0.717, 1.165) is 31.9 Å². The number of likely N-dealkylation sites (N-methyl/N-ethyl adjacent to an activating group) is 2. The molecule has 1 rings (SSSR count). The van der Waals surface area contributed by atoms with Crippen LogP contribution in [0, 0.1) is 11.5 Å². The van der Waals surface area contributed by atoms with E-state index in [2.05, 4.69) is 38.4 Å². The van der Waals surface area contributed by atoms with Gasteiger partial charge in [-0.2, -0.15) is 5.26 Å². The first kappa shape index (κ1) is 38.5. The maximum Gasteiger partial charge on any atom is 0.336 e. The van der Waals surface area contributed by atoms with Crippen molar-refractivity contribution in [2.24, 2.45) is 4.99 Å². The number of aliphatic hydroxyl groups is 1. The summed E-state index contributed by atoms with van der Waals surface area (Å²) in [5, 5.41) is 43.1. The maximum atomic E-state index is 12.5. The van der Waals surface area contributed by atoms with Crippen LogP contribution in [0.2, 0.25) is 0 Å². The average Bonchev–Trinajstić information content (AvgIpc) is 3.35. The summed E-state index contributed by atoms with van der Waals surface area (Å²) in [6.07, 6.45) is 1.28. The highest BCUT2D eigenvalue weighted by Gasteiger charge is 2.40. The predicted octanol–water partition coefficient (Wildman–Crippen LogP) is 0.252. The zero-order chi connectivity index (χ0) is 32.5. The van der Waals surface area contributed by atoms with Gasteiger partial charge in [0, 0.05) is 55.3 Å². The van der Waals surface area contributed by atoms with Crippen LogP contribution in [-0.4, -0.2) is 146 Å². The molecule has 42 heavy (non-hydrogen) atoms. The van der Waals surface area contributed by atoms with E-state index in [0.29, 0.717) is 24.0 Å². The van der Waals surface area contributed by atoms with Crippen molar-refractivity contribution in [3.63, 3.8) is 0 Å². The third-order valence-corrected chi connectivity index (χ3v) is 6.92. The van der Waals surface area contributed by atoms with Gasteiger partial charge in [-0.1, -0.05) is 0 Å². The molecular weight excluding hydrogens is 572 g/mol. The third-order valence-electron chi connectivity index (χ3n) is 5.68. The summed E-state index contributed by atoms with van der Waals surface area (Å²) < 4.78 is 17.8. The summed E-state index contributed by atoms with van der Waals surface area (Å²) in [5.74, 6) is -2.76. The normalized spacial score (nSPS) is 12.5. The molecule has 0 aromatic carbocycles. The lowest BCUT2D eigenvalue weighted by Crippen LogP contribution is -2.51. The molecule has 0 aliphatic heterocycles. The SMILES string of the molecule is CC(C)N(CCS(=O)Cc1ccco1)C(=NC#N)N(CCN(C)C)CCN(C)C.O=C(O)CC(O)(CC(=O)O)C(=O)O. The third kappa shape index (κ3) is 16.1. The van der Waals surface area contributed by atoms with E-state index in [1.165, 1.54) is 0 Å². The van der Waals surface area contributed by atoms with E-state index in [4.69, 9.17) is 24.8 Å². The van der Waals surface area contributed by atoms with E-state index in [1.54, 1.807) is 12.3 Å². The fraction of sp³-hybridized carbons (Fsp3) is 0.654. The molecule has 1 atom stereocenters. The molecule has 0 fully saturated rings. The lowest BCUT2D eigenvalue weighted by atomic mass is 9.96. The second-order valence-electron chi connectivity index (χ2n) is 10.2. The molecule has 1 heterocycles. The second kappa shape index (κ2) is 19.6. The summed E-state index contributed by atoms with van der Waals surface area (Å²) in [6.45, 7) is 7.94. The Bertz CT molecular complexity index is 1040. The van der Waals surface area contributed by atoms with Gasteiger partial charge in [0.25, 0.3) is 0 Å². The van der Waals surface area contributed by atoms with E-state index in [9.17, 15) is 23.9 Å². The minimum absolute atomic E-state index is 0.129. The van der Waals surface area contributed by atoms with Crippen LogP contribution in [0.3, 0.4) is 0 Å². The van der Waals surface area contributed by atoms with Gasteiger partial charge in [0.1, 0.15) is 5.76 Å². The Morgan fingerprint density at radius 2 is 1.52 bits per heavy atom. The highest BCUT2D eigenvalue weighted by molar-refractivity contribution is 7.84. The molecule has 0 bridgehead atoms. The molecule has 0 saturated carbocycles. The summed E-state index contributed by atoms with van der Waals surface area (Å²) in [5.41, 5.74) is -2.74. The predicted molar refractivity (Wildman–Crippen MR) is 156 cm³/mol. The number of aliphatic imine (C=N–C) groups is 1. The number of rotatable bonds is 17. The van der Waals surface area contributed by atoms with Gasteiger partial charge in [-0.05, 0) is 54.2 Å². The van der Waals surface area contributed by atoms with E-state index in [1.807, 2.05) is 40.5 Å². The van der Waals surface area contributed by atoms with Crippen molar-refractivity contribution in [3.05, 3.63) is 24.2 Å². The van der Waals surface area contributed by atoms with E-state index in [-0.39, 0.29) is 6.04 Å². The Kier molecular flexibility index (Phi) is 17.9. The Balaban J connectivity index is 0.00000108. The number of aliphatic carboxylic acids is 3. The van der Waals surface area contributed by atoms with Crippen molar-refractivity contribution in [2.45, 2.75) is 44.1 Å². The van der Waals surface area contributed by atoms with Crippen LogP contribution in [0.5, 0.6) is 0 Å². The highest BCUT2D eigenvalue weighted by Crippen LogP contribution is 2.15. The first-order chi connectivity index (χ1) is 19.5. The number of nitriles is 1. The second-order valence-corrected chi connectivity index (χ2v) is 11.8. The zero-order valence-electron chi connectivity index (χ0n) is 25.1. The number of hydrogen-bond acceptors (Lipinski definition) is 10. The monoisotopic (exact) mass is 616 g/mol. The lowest BCUT2D eigenvalue weighted by molar-refractivity contribution is -0.170. The van der Waals surface area contributed by atoms with Crippen molar-refractivity contribution in [1.82, 2.24) is 19.6 Å². The van der Waals surface area contributed by atoms with Crippen LogP contribution in [0.1, 0.15) is 32.4 Å². The summed E-state index contributed by atoms with van der Waals surface area (Å²) in [4.78, 5) is 43.1. The molecule has 1 aromatic rings. The molecule has 0 aliphatic rings. The molecule has 238 valence electrons. The van der Waals surface area contributed by atoms with Crippen molar-refractivity contribution in [2.75, 3.05) is 66.7 Å². The van der Waals surface area contributed by atoms with Crippen LogP contribution in [0.15, 0.2) is 27.8 Å². The van der Waals surface area contributed by atoms with Gasteiger partial charge < -0.3 is 44.4 Å². The molecule has 0 saturated heterocycles. The van der Waals surface area contributed by atoms with Crippen molar-refractivity contribution >= 4 is 34.7 Å². The Hall–Kier alpha value is -3.52. The minimum Gasteiger partial charge on any atom is -0.481 e. The Labute approximate surface area is 249 Å². The number of carbonyl (C=O) groups is 3. The van der Waals surface area contributed by atoms with Gasteiger partial charge in [0.05, 0.1) is 24.9 Å². The first-order valence-corrected chi connectivity index (χ1v) is 14.6. The van der Waals surface area contributed by atoms with Crippen molar-refractivity contribution in [3.8, 4) is 6.19 Å². The molecule has 0 amide bonds. The number of furan rings is 1. The fourth-order valence-corrected chi connectivity index (χ4v) is 4.47. The molecule has 0 radical (unpaired) electrons. The zero-order valence-corrected chi connectivity index (χ0v) is 25.9. The minimum atomic E-state index is -2.74. The number of carboxylic acids is 3. The van der Waals surface area contributed by atoms with Gasteiger partial charge in [0.15, 0.2) is 5.60 Å². The average molecular weight is 617 g/mol. The largest absolute Gasteiger partial charge is 0.481 e. The molecule has 0 spiro atoms. The van der Waals surface area contributed by atoms with Gasteiger partial charge in [-0.15, -0.1) is 4.99 Å². The van der Waals surface area contributed by atoms with Crippen molar-refractivity contribution < 1.29 is 43.4 Å². The van der Waals surface area contributed by atoms with Crippen LogP contribution in [-0.2, 0) is 30.9 Å². The Morgan fingerprint density at radius 1 is 1.00 bits per heavy atom. The maximum absolute atomic E-state index is 12.5. The summed E-state index contributed by atoms with van der Waals surface area (Å²) in [6, 6.07) is 3.77. The molecule has 4 N–H and O–H groups in total. The van der Waals surface area contributed by atoms with Gasteiger partial charge in [-0.3, -0.25) is 13.8 Å². The molecular formula is C26H44N6O9S. The molecule has 1 aromatic heterocycles. The van der Waals surface area contributed by atoms with Gasteiger partial charge in [0.2, 0.25) is 12.2 Å². The smallest absolute Gasteiger partial charge is 0.336 e. The quantitative estimate of drug-likeness (QED) is 0.105. The van der Waals surface area contributed by atoms with E-state index < -0.39 is 47.2 Å². The summed E-state index contributed by atoms with van der Waals surface area (Å²) >= 11 is 0. The number of guanidine groups is 1. The Morgan fingerprint density at radius 3 is 1.88 bits per heavy atom. The van der Waals surface area contributed by atoms with Crippen LogP contribution >= 0.6 is 0 Å². The highest BCUT2D eigenvalue weighted by atomic mass is 32.2. The molecule has 1 unspecified atom stereocenters. The van der Waals surface area contributed by atoms with Gasteiger partial charge >= 0.3 is 17.9 Å². The van der Waals surface area contributed by atoms with Crippen LogP contribution in [0.25, 0.3) is 0 Å². The van der Waals surface area contributed by atoms with Crippen LogP contribution < -0.4 is 0 Å². The topological polar surface area (TPSA) is 211 Å². The van der Waals surface area contributed by atoms with E-state index >= 15 is 0 Å². The fourth-order valence-electron chi connectivity index (χ4n) is 3.44. The lowest BCUT2D eigenvalue weighted by Gasteiger charge is -2.37. The first-order valence-electron chi connectivity index (χ1n) is 13.1. The molecule has 15 nitrogen and oxygen atoms in total. The molecule has 0 aliphatic carbocycles. The standard InChI is InChI=1S/C20H36N6O2S.C6H8O7/c1-18(2)26(13-15-29(27)16-19-8-7-14-28-19)20(22-17-21)25(11-9-23(3)4)12-10-24(5)6;7-3(8)1-6(13,5(11)12)2-4(9)10/h7-8,14,18H,9-13,15-16H2,1-6H3;13H,1-2H2,(H,7,8)(H,9,10)(H,11,12). The number of carboxylic acid groups (broad SMARTS) is 3. The molecule has 16 heteroatoms. The summed E-state index contributed by atoms with van der Waals surface area (Å²) in [7, 11) is 7.07.